The SMILES string of the molecule is Cc1ccc(NS(C)(=O)=O)c(C(=O)NCC2(C(=O)O)CCCCC2)c1. The largest absolute Gasteiger partial charge is 0.481 e. The summed E-state index contributed by atoms with van der Waals surface area (Å²) in [5, 5.41) is 12.3. The van der Waals surface area contributed by atoms with Gasteiger partial charge in [0.2, 0.25) is 10.0 Å². The van der Waals surface area contributed by atoms with Crippen LogP contribution < -0.4 is 10.0 Å². The van der Waals surface area contributed by atoms with Gasteiger partial charge in [0.25, 0.3) is 5.91 Å². The fraction of sp³-hybridized carbons (Fsp3) is 0.529. The number of benzene rings is 1. The van der Waals surface area contributed by atoms with Crippen LogP contribution in [0.25, 0.3) is 0 Å². The van der Waals surface area contributed by atoms with Crippen LogP contribution in [-0.4, -0.2) is 38.2 Å². The van der Waals surface area contributed by atoms with E-state index in [-0.39, 0.29) is 17.8 Å². The number of carboxylic acid groups (broad SMARTS) is 1. The van der Waals surface area contributed by atoms with Gasteiger partial charge in [-0.2, -0.15) is 0 Å². The summed E-state index contributed by atoms with van der Waals surface area (Å²) in [5.41, 5.74) is 0.220. The van der Waals surface area contributed by atoms with Crippen molar-refractivity contribution in [3.05, 3.63) is 29.3 Å². The molecule has 138 valence electrons. The zero-order valence-electron chi connectivity index (χ0n) is 14.5. The number of rotatable bonds is 6. The molecular formula is C17H24N2O5S. The molecule has 1 aromatic rings. The molecule has 7 nitrogen and oxygen atoms in total. The fourth-order valence-corrected chi connectivity index (χ4v) is 3.75. The minimum atomic E-state index is -3.53. The molecule has 25 heavy (non-hydrogen) atoms. The predicted octanol–water partition coefficient (Wildman–Crippen LogP) is 2.13. The smallest absolute Gasteiger partial charge is 0.311 e. The van der Waals surface area contributed by atoms with Crippen molar-refractivity contribution < 1.29 is 23.1 Å². The van der Waals surface area contributed by atoms with Crippen LogP contribution in [0.4, 0.5) is 5.69 Å². The molecule has 3 N–H and O–H groups in total. The Kier molecular flexibility index (Phi) is 5.72. The quantitative estimate of drug-likeness (QED) is 0.712. The lowest BCUT2D eigenvalue weighted by Crippen LogP contribution is -2.44. The van der Waals surface area contributed by atoms with Crippen molar-refractivity contribution in [1.29, 1.82) is 0 Å². The van der Waals surface area contributed by atoms with E-state index in [1.165, 1.54) is 6.07 Å². The number of amides is 1. The molecule has 0 heterocycles. The molecule has 0 aromatic heterocycles. The molecule has 1 aliphatic carbocycles. The summed E-state index contributed by atoms with van der Waals surface area (Å²) < 4.78 is 25.3. The molecule has 2 rings (SSSR count). The second-order valence-electron chi connectivity index (χ2n) is 6.75. The number of carboxylic acids is 1. The van der Waals surface area contributed by atoms with Gasteiger partial charge in [0.05, 0.1) is 22.9 Å². The Bertz CT molecular complexity index is 767. The lowest BCUT2D eigenvalue weighted by Gasteiger charge is -2.33. The molecule has 1 fully saturated rings. The standard InChI is InChI=1S/C17H24N2O5S/c1-12-6-7-14(19-25(2,23)24)13(10-12)15(20)18-11-17(16(21)22)8-4-3-5-9-17/h6-7,10,19H,3-5,8-9,11H2,1-2H3,(H,18,20)(H,21,22). The highest BCUT2D eigenvalue weighted by Crippen LogP contribution is 2.36. The van der Waals surface area contributed by atoms with Gasteiger partial charge in [-0.3, -0.25) is 14.3 Å². The van der Waals surface area contributed by atoms with Crippen LogP contribution in [0.1, 0.15) is 48.0 Å². The number of hydrogen-bond donors (Lipinski definition) is 3. The molecular weight excluding hydrogens is 344 g/mol. The topological polar surface area (TPSA) is 113 Å². The number of aryl methyl sites for hydroxylation is 1. The van der Waals surface area contributed by atoms with Crippen LogP contribution in [0, 0.1) is 12.3 Å². The van der Waals surface area contributed by atoms with Crippen LogP contribution in [0.2, 0.25) is 0 Å². The molecule has 8 heteroatoms. The van der Waals surface area contributed by atoms with Crippen molar-refractivity contribution in [2.75, 3.05) is 17.5 Å². The second kappa shape index (κ2) is 7.43. The molecule has 0 bridgehead atoms. The van der Waals surface area contributed by atoms with Crippen molar-refractivity contribution in [1.82, 2.24) is 5.32 Å². The van der Waals surface area contributed by atoms with Gasteiger partial charge in [-0.15, -0.1) is 0 Å². The highest BCUT2D eigenvalue weighted by Gasteiger charge is 2.39. The molecule has 1 aromatic carbocycles. The van der Waals surface area contributed by atoms with Gasteiger partial charge in [0.1, 0.15) is 0 Å². The highest BCUT2D eigenvalue weighted by molar-refractivity contribution is 7.92. The minimum Gasteiger partial charge on any atom is -0.481 e. The summed E-state index contributed by atoms with van der Waals surface area (Å²) in [6.07, 6.45) is 4.73. The number of carbonyl (C=O) groups excluding carboxylic acids is 1. The summed E-state index contributed by atoms with van der Waals surface area (Å²) >= 11 is 0. The normalized spacial score (nSPS) is 16.9. The number of anilines is 1. The summed E-state index contributed by atoms with van der Waals surface area (Å²) in [6.45, 7) is 1.83. The van der Waals surface area contributed by atoms with Crippen LogP contribution in [-0.2, 0) is 14.8 Å². The number of nitrogens with one attached hydrogen (secondary N) is 2. The van der Waals surface area contributed by atoms with Crippen LogP contribution >= 0.6 is 0 Å². The number of hydrogen-bond acceptors (Lipinski definition) is 4. The fourth-order valence-electron chi connectivity index (χ4n) is 3.17. The van der Waals surface area contributed by atoms with E-state index in [1.807, 2.05) is 0 Å². The maximum Gasteiger partial charge on any atom is 0.311 e. The Balaban J connectivity index is 2.20. The van der Waals surface area contributed by atoms with Gasteiger partial charge in [-0.1, -0.05) is 30.9 Å². The Morgan fingerprint density at radius 1 is 1.20 bits per heavy atom. The van der Waals surface area contributed by atoms with E-state index >= 15 is 0 Å². The highest BCUT2D eigenvalue weighted by atomic mass is 32.2. The lowest BCUT2D eigenvalue weighted by molar-refractivity contribution is -0.150. The Morgan fingerprint density at radius 2 is 1.84 bits per heavy atom. The number of sulfonamides is 1. The van der Waals surface area contributed by atoms with E-state index in [0.717, 1.165) is 31.1 Å². The number of aliphatic carboxylic acids is 1. The number of carbonyl (C=O) groups is 2. The average Bonchev–Trinajstić information content (AvgIpc) is 2.54. The monoisotopic (exact) mass is 368 g/mol. The van der Waals surface area contributed by atoms with Crippen LogP contribution in [0.5, 0.6) is 0 Å². The zero-order valence-corrected chi connectivity index (χ0v) is 15.3. The first-order valence-electron chi connectivity index (χ1n) is 8.23. The first-order chi connectivity index (χ1) is 11.6. The van der Waals surface area contributed by atoms with E-state index in [4.69, 9.17) is 0 Å². The third-order valence-electron chi connectivity index (χ3n) is 4.57. The molecule has 1 saturated carbocycles. The Labute approximate surface area is 147 Å². The van der Waals surface area contributed by atoms with Crippen molar-refractivity contribution in [3.8, 4) is 0 Å². The van der Waals surface area contributed by atoms with Gasteiger partial charge in [-0.25, -0.2) is 8.42 Å². The first kappa shape index (κ1) is 19.2. The lowest BCUT2D eigenvalue weighted by atomic mass is 9.74. The van der Waals surface area contributed by atoms with Crippen molar-refractivity contribution in [2.45, 2.75) is 39.0 Å². The van der Waals surface area contributed by atoms with E-state index in [0.29, 0.717) is 12.8 Å². The summed E-state index contributed by atoms with van der Waals surface area (Å²) in [5.74, 6) is -1.38. The summed E-state index contributed by atoms with van der Waals surface area (Å²) in [6, 6.07) is 4.81. The first-order valence-corrected chi connectivity index (χ1v) is 10.1. The van der Waals surface area contributed by atoms with Crippen molar-refractivity contribution >= 4 is 27.6 Å². The van der Waals surface area contributed by atoms with Gasteiger partial charge in [0, 0.05) is 6.54 Å². The molecule has 0 saturated heterocycles. The Hall–Kier alpha value is -2.09. The molecule has 0 radical (unpaired) electrons. The van der Waals surface area contributed by atoms with Gasteiger partial charge in [0.15, 0.2) is 0 Å². The zero-order chi connectivity index (χ0) is 18.7. The molecule has 0 aliphatic heterocycles. The minimum absolute atomic E-state index is 0.0351. The van der Waals surface area contributed by atoms with E-state index in [9.17, 15) is 23.1 Å². The van der Waals surface area contributed by atoms with Gasteiger partial charge in [-0.05, 0) is 31.9 Å². The van der Waals surface area contributed by atoms with E-state index in [1.54, 1.807) is 19.1 Å². The van der Waals surface area contributed by atoms with Crippen molar-refractivity contribution in [3.63, 3.8) is 0 Å². The van der Waals surface area contributed by atoms with Crippen LogP contribution in [0.3, 0.4) is 0 Å². The molecule has 1 amide bonds. The third-order valence-corrected chi connectivity index (χ3v) is 5.16. The van der Waals surface area contributed by atoms with Gasteiger partial charge < -0.3 is 10.4 Å². The van der Waals surface area contributed by atoms with E-state index in [2.05, 4.69) is 10.0 Å². The van der Waals surface area contributed by atoms with Crippen molar-refractivity contribution in [2.24, 2.45) is 5.41 Å². The molecule has 0 spiro atoms. The van der Waals surface area contributed by atoms with E-state index < -0.39 is 27.3 Å². The molecule has 0 unspecified atom stereocenters. The Morgan fingerprint density at radius 3 is 2.40 bits per heavy atom. The third kappa shape index (κ3) is 4.94. The predicted molar refractivity (Wildman–Crippen MR) is 95.1 cm³/mol. The van der Waals surface area contributed by atoms with Crippen LogP contribution in [0.15, 0.2) is 18.2 Å². The van der Waals surface area contributed by atoms with Gasteiger partial charge >= 0.3 is 5.97 Å². The summed E-state index contributed by atoms with van der Waals surface area (Å²) in [7, 11) is -3.53. The molecule has 1 aliphatic rings. The molecule has 0 atom stereocenters. The second-order valence-corrected chi connectivity index (χ2v) is 8.50. The summed E-state index contributed by atoms with van der Waals surface area (Å²) in [4.78, 5) is 24.3. The maximum atomic E-state index is 12.6. The average molecular weight is 368 g/mol. The maximum absolute atomic E-state index is 12.6.